The summed E-state index contributed by atoms with van der Waals surface area (Å²) in [4.78, 5) is 2.17. The number of allylic oxidation sites excluding steroid dienone is 1. The average molecular weight is 295 g/mol. The minimum absolute atomic E-state index is 0.895. The van der Waals surface area contributed by atoms with Crippen LogP contribution in [0.5, 0.6) is 0 Å². The van der Waals surface area contributed by atoms with E-state index in [4.69, 9.17) is 11.6 Å². The van der Waals surface area contributed by atoms with Gasteiger partial charge in [0.05, 0.1) is 11.9 Å². The molecule has 0 unspecified atom stereocenters. The molecule has 4 N–H and O–H groups in total. The van der Waals surface area contributed by atoms with E-state index in [1.165, 1.54) is 0 Å². The third-order valence-corrected chi connectivity index (χ3v) is 2.93. The number of nitrogens with two attached hydrogens (primary N) is 2. The van der Waals surface area contributed by atoms with Crippen LogP contribution < -0.4 is 11.6 Å². The van der Waals surface area contributed by atoms with Crippen LogP contribution in [0.1, 0.15) is 0 Å². The molecule has 0 saturated carbocycles. The Bertz CT molecular complexity index is 207. The first-order valence-electron chi connectivity index (χ1n) is 4.08. The summed E-state index contributed by atoms with van der Waals surface area (Å²) in [6.07, 6.45) is 3.13. The van der Waals surface area contributed by atoms with Gasteiger partial charge >= 0.3 is 0 Å². The molecule has 0 spiro atoms. The molecule has 13 heavy (non-hydrogen) atoms. The fourth-order valence-corrected chi connectivity index (χ4v) is 1.68. The highest BCUT2D eigenvalue weighted by atomic mass is 127. The quantitative estimate of drug-likeness (QED) is 0.241. The second kappa shape index (κ2) is 5.28. The number of nitrogens with zero attached hydrogens (tertiary/aromatic N) is 3. The van der Waals surface area contributed by atoms with Crippen molar-refractivity contribution in [3.8, 4) is 0 Å². The molecule has 0 aromatic rings. The molecular formula is C7H14IN5. The predicted octanol–water partition coefficient (Wildman–Crippen LogP) is -0.301. The maximum absolute atomic E-state index is 5.46. The summed E-state index contributed by atoms with van der Waals surface area (Å²) >= 11 is 2.32. The van der Waals surface area contributed by atoms with Crippen molar-refractivity contribution < 1.29 is 0 Å². The third-order valence-electron chi connectivity index (χ3n) is 1.97. The van der Waals surface area contributed by atoms with Crippen molar-refractivity contribution >= 4 is 29.1 Å². The molecule has 0 aliphatic carbocycles. The average Bonchev–Trinajstić information content (AvgIpc) is 2.16. The largest absolute Gasteiger partial charge is 0.403 e. The van der Waals surface area contributed by atoms with Gasteiger partial charge in [-0.05, 0) is 0 Å². The van der Waals surface area contributed by atoms with Crippen LogP contribution in [0.25, 0.3) is 0 Å². The standard InChI is InChI=1S/C7H14IN5/c8-13-3-1-12(2-4-13)7(5-9)6-11-10/h5-6H,1-4,9-10H2. The van der Waals surface area contributed by atoms with Crippen molar-refractivity contribution in [1.82, 2.24) is 8.01 Å². The summed E-state index contributed by atoms with van der Waals surface area (Å²) in [6.45, 7) is 4.02. The lowest BCUT2D eigenvalue weighted by Gasteiger charge is -2.32. The van der Waals surface area contributed by atoms with Crippen molar-refractivity contribution in [1.29, 1.82) is 0 Å². The van der Waals surface area contributed by atoms with Crippen LogP contribution in [0, 0.1) is 0 Å². The van der Waals surface area contributed by atoms with E-state index in [1.807, 2.05) is 0 Å². The Labute approximate surface area is 91.9 Å². The van der Waals surface area contributed by atoms with E-state index in [1.54, 1.807) is 12.4 Å². The third kappa shape index (κ3) is 3.03. The first-order chi connectivity index (χ1) is 6.27. The number of hydrazone groups is 1. The highest BCUT2D eigenvalue weighted by Crippen LogP contribution is 2.09. The van der Waals surface area contributed by atoms with Crippen LogP contribution in [0.15, 0.2) is 17.0 Å². The molecule has 1 aliphatic rings. The molecule has 1 fully saturated rings. The summed E-state index contributed by atoms with van der Waals surface area (Å²) in [5.41, 5.74) is 6.35. The first-order valence-corrected chi connectivity index (χ1v) is 5.05. The lowest BCUT2D eigenvalue weighted by atomic mass is 10.3. The van der Waals surface area contributed by atoms with E-state index in [2.05, 4.69) is 36.0 Å². The number of halogens is 1. The zero-order chi connectivity index (χ0) is 9.68. The van der Waals surface area contributed by atoms with Crippen LogP contribution in [-0.2, 0) is 0 Å². The molecule has 0 aromatic heterocycles. The van der Waals surface area contributed by atoms with E-state index in [0.29, 0.717) is 0 Å². The number of rotatable bonds is 2. The minimum atomic E-state index is 0.895. The van der Waals surface area contributed by atoms with Crippen molar-refractivity contribution in [3.63, 3.8) is 0 Å². The fourth-order valence-electron chi connectivity index (χ4n) is 1.25. The Morgan fingerprint density at radius 1 is 1.31 bits per heavy atom. The molecule has 1 heterocycles. The van der Waals surface area contributed by atoms with Crippen molar-refractivity contribution in [2.24, 2.45) is 16.7 Å². The summed E-state index contributed by atoms with van der Waals surface area (Å²) in [6, 6.07) is 0. The second-order valence-corrected chi connectivity index (χ2v) is 4.13. The molecule has 6 heteroatoms. The number of hydrogen-bond acceptors (Lipinski definition) is 5. The van der Waals surface area contributed by atoms with Gasteiger partial charge in [0.25, 0.3) is 0 Å². The van der Waals surface area contributed by atoms with Gasteiger partial charge in [0, 0.05) is 55.2 Å². The topological polar surface area (TPSA) is 70.9 Å². The zero-order valence-corrected chi connectivity index (χ0v) is 9.51. The van der Waals surface area contributed by atoms with Crippen molar-refractivity contribution in [2.45, 2.75) is 0 Å². The lowest BCUT2D eigenvalue weighted by molar-refractivity contribution is 0.263. The van der Waals surface area contributed by atoms with E-state index < -0.39 is 0 Å². The Kier molecular flexibility index (Phi) is 4.29. The van der Waals surface area contributed by atoms with Crippen molar-refractivity contribution in [3.05, 3.63) is 11.9 Å². The van der Waals surface area contributed by atoms with Gasteiger partial charge in [0.1, 0.15) is 0 Å². The first kappa shape index (κ1) is 10.6. The zero-order valence-electron chi connectivity index (χ0n) is 7.36. The summed E-state index contributed by atoms with van der Waals surface area (Å²) in [5.74, 6) is 5.07. The maximum Gasteiger partial charge on any atom is 0.0728 e. The lowest BCUT2D eigenvalue weighted by Crippen LogP contribution is -2.42. The summed E-state index contributed by atoms with van der Waals surface area (Å²) < 4.78 is 2.25. The van der Waals surface area contributed by atoms with E-state index in [-0.39, 0.29) is 0 Å². The molecule has 5 nitrogen and oxygen atoms in total. The van der Waals surface area contributed by atoms with Gasteiger partial charge in [-0.25, -0.2) is 3.11 Å². The van der Waals surface area contributed by atoms with Crippen LogP contribution >= 0.6 is 22.9 Å². The molecule has 74 valence electrons. The fraction of sp³-hybridized carbons (Fsp3) is 0.571. The highest BCUT2D eigenvalue weighted by Gasteiger charge is 2.15. The van der Waals surface area contributed by atoms with Gasteiger partial charge in [-0.3, -0.25) is 0 Å². The van der Waals surface area contributed by atoms with Gasteiger partial charge in [-0.1, -0.05) is 0 Å². The highest BCUT2D eigenvalue weighted by molar-refractivity contribution is 14.1. The van der Waals surface area contributed by atoms with Crippen LogP contribution in [0.3, 0.4) is 0 Å². The minimum Gasteiger partial charge on any atom is -0.403 e. The van der Waals surface area contributed by atoms with Gasteiger partial charge in [-0.2, -0.15) is 5.10 Å². The molecule has 0 aromatic carbocycles. The summed E-state index contributed by atoms with van der Waals surface area (Å²) in [7, 11) is 0. The molecule has 1 aliphatic heterocycles. The molecule has 0 bridgehead atoms. The van der Waals surface area contributed by atoms with E-state index in [9.17, 15) is 0 Å². The number of hydrogen-bond donors (Lipinski definition) is 2. The Morgan fingerprint density at radius 3 is 2.38 bits per heavy atom. The molecule has 0 radical (unpaired) electrons. The Balaban J connectivity index is 2.52. The van der Waals surface area contributed by atoms with Gasteiger partial charge in [0.15, 0.2) is 0 Å². The normalized spacial score (nSPS) is 21.3. The van der Waals surface area contributed by atoms with Gasteiger partial charge in [0.2, 0.25) is 0 Å². The van der Waals surface area contributed by atoms with Crippen LogP contribution in [0.2, 0.25) is 0 Å². The van der Waals surface area contributed by atoms with Crippen LogP contribution in [0.4, 0.5) is 0 Å². The van der Waals surface area contributed by atoms with Crippen molar-refractivity contribution in [2.75, 3.05) is 26.2 Å². The Hall–Kier alpha value is -0.500. The number of piperazine rings is 1. The SMILES string of the molecule is NC=C(C=NN)N1CCN(I)CC1. The summed E-state index contributed by atoms with van der Waals surface area (Å²) in [5, 5.41) is 3.47. The molecule has 1 rings (SSSR count). The van der Waals surface area contributed by atoms with Crippen LogP contribution in [-0.4, -0.2) is 40.4 Å². The molecular weight excluding hydrogens is 281 g/mol. The predicted molar refractivity (Wildman–Crippen MR) is 62.1 cm³/mol. The van der Waals surface area contributed by atoms with E-state index in [0.717, 1.165) is 31.9 Å². The molecule has 0 atom stereocenters. The molecule has 1 saturated heterocycles. The molecule has 0 amide bonds. The Morgan fingerprint density at radius 2 is 1.92 bits per heavy atom. The van der Waals surface area contributed by atoms with Gasteiger partial charge in [-0.15, -0.1) is 0 Å². The monoisotopic (exact) mass is 295 g/mol. The van der Waals surface area contributed by atoms with E-state index >= 15 is 0 Å². The second-order valence-electron chi connectivity index (χ2n) is 2.77. The van der Waals surface area contributed by atoms with Gasteiger partial charge < -0.3 is 16.5 Å². The maximum atomic E-state index is 5.46. The smallest absolute Gasteiger partial charge is 0.0728 e.